The van der Waals surface area contributed by atoms with Gasteiger partial charge in [0.15, 0.2) is 0 Å². The minimum Gasteiger partial charge on any atom is -0.497 e. The van der Waals surface area contributed by atoms with Crippen LogP contribution in [-0.2, 0) is 14.3 Å². The van der Waals surface area contributed by atoms with Crippen molar-refractivity contribution in [1.29, 1.82) is 0 Å². The molecule has 3 rings (SSSR count). The van der Waals surface area contributed by atoms with Crippen molar-refractivity contribution in [3.63, 3.8) is 0 Å². The van der Waals surface area contributed by atoms with E-state index in [0.29, 0.717) is 0 Å². The number of aromatic nitrogens is 1. The zero-order chi connectivity index (χ0) is 21.1. The van der Waals surface area contributed by atoms with Gasteiger partial charge in [0, 0.05) is 23.1 Å². The van der Waals surface area contributed by atoms with Gasteiger partial charge < -0.3 is 14.0 Å². The van der Waals surface area contributed by atoms with Gasteiger partial charge in [-0.05, 0) is 62.4 Å². The van der Waals surface area contributed by atoms with Crippen LogP contribution in [-0.4, -0.2) is 46.8 Å². The van der Waals surface area contributed by atoms with Gasteiger partial charge in [0.1, 0.15) is 12.3 Å². The Labute approximate surface area is 173 Å². The van der Waals surface area contributed by atoms with Gasteiger partial charge in [-0.3, -0.25) is 19.3 Å². The van der Waals surface area contributed by atoms with Crippen LogP contribution in [0.3, 0.4) is 0 Å². The van der Waals surface area contributed by atoms with E-state index in [-0.39, 0.29) is 18.1 Å². The van der Waals surface area contributed by atoms with Crippen LogP contribution in [0.1, 0.15) is 23.9 Å². The van der Waals surface area contributed by atoms with Crippen molar-refractivity contribution < 1.29 is 23.9 Å². The lowest BCUT2D eigenvalue weighted by atomic mass is 10.2. The smallest absolute Gasteiger partial charge is 0.326 e. The number of ether oxygens (including phenoxy) is 2. The van der Waals surface area contributed by atoms with Crippen molar-refractivity contribution in [3.05, 3.63) is 52.2 Å². The van der Waals surface area contributed by atoms with Crippen molar-refractivity contribution in [3.8, 4) is 11.4 Å². The SMILES string of the molecule is CCOC(=O)CN1C(=O)S/C(=C/c2cc(C)n(-c3cccc(OC)c3)c2C)C1=O. The van der Waals surface area contributed by atoms with E-state index < -0.39 is 17.1 Å². The maximum Gasteiger partial charge on any atom is 0.326 e. The predicted molar refractivity (Wildman–Crippen MR) is 111 cm³/mol. The average Bonchev–Trinajstić information content (AvgIpc) is 3.11. The molecule has 0 bridgehead atoms. The lowest BCUT2D eigenvalue weighted by Gasteiger charge is -2.11. The number of carbonyl (C=O) groups is 3. The molecule has 152 valence electrons. The third kappa shape index (κ3) is 4.22. The first-order valence-electron chi connectivity index (χ1n) is 9.10. The number of rotatable bonds is 6. The summed E-state index contributed by atoms with van der Waals surface area (Å²) in [5, 5.41) is -0.476. The number of hydrogen-bond donors (Lipinski definition) is 0. The van der Waals surface area contributed by atoms with Gasteiger partial charge in [-0.15, -0.1) is 0 Å². The minimum atomic E-state index is -0.604. The number of amides is 2. The molecular formula is C21H22N2O5S. The van der Waals surface area contributed by atoms with Crippen LogP contribution in [0.4, 0.5) is 4.79 Å². The van der Waals surface area contributed by atoms with Crippen LogP contribution in [0, 0.1) is 13.8 Å². The first-order chi connectivity index (χ1) is 13.8. The summed E-state index contributed by atoms with van der Waals surface area (Å²) in [5.41, 5.74) is 3.67. The van der Waals surface area contributed by atoms with Crippen LogP contribution in [0.15, 0.2) is 35.2 Å². The Balaban J connectivity index is 1.90. The van der Waals surface area contributed by atoms with Crippen molar-refractivity contribution in [1.82, 2.24) is 9.47 Å². The maximum absolute atomic E-state index is 12.6. The average molecular weight is 414 g/mol. The molecule has 0 aliphatic carbocycles. The molecule has 1 aliphatic heterocycles. The standard InChI is InChI=1S/C21H22N2O5S/c1-5-28-19(24)12-22-20(25)18(29-21(22)26)10-15-9-13(2)23(14(15)3)16-7-6-8-17(11-16)27-4/h6-11H,5,12H2,1-4H3/b18-10+. The highest BCUT2D eigenvalue weighted by Crippen LogP contribution is 2.34. The Morgan fingerprint density at radius 1 is 1.21 bits per heavy atom. The second-order valence-corrected chi connectivity index (χ2v) is 7.43. The number of benzene rings is 1. The Morgan fingerprint density at radius 3 is 2.66 bits per heavy atom. The number of methoxy groups -OCH3 is 1. The summed E-state index contributed by atoms with van der Waals surface area (Å²) >= 11 is 0.824. The second-order valence-electron chi connectivity index (χ2n) is 6.44. The fourth-order valence-corrected chi connectivity index (χ4v) is 4.02. The van der Waals surface area contributed by atoms with E-state index in [1.807, 2.05) is 44.2 Å². The van der Waals surface area contributed by atoms with Gasteiger partial charge in [0.05, 0.1) is 18.6 Å². The minimum absolute atomic E-state index is 0.196. The highest BCUT2D eigenvalue weighted by molar-refractivity contribution is 8.18. The number of hydrogen-bond acceptors (Lipinski definition) is 6. The van der Waals surface area contributed by atoms with Gasteiger partial charge in [0.25, 0.3) is 11.1 Å². The van der Waals surface area contributed by atoms with Gasteiger partial charge in [-0.1, -0.05) is 6.07 Å². The molecule has 0 radical (unpaired) electrons. The van der Waals surface area contributed by atoms with E-state index in [2.05, 4.69) is 4.57 Å². The number of thioether (sulfide) groups is 1. The molecule has 2 amide bonds. The van der Waals surface area contributed by atoms with Crippen molar-refractivity contribution in [2.75, 3.05) is 20.3 Å². The Bertz CT molecular complexity index is 1010. The molecule has 1 fully saturated rings. The second kappa shape index (κ2) is 8.57. The van der Waals surface area contributed by atoms with Crippen molar-refractivity contribution in [2.45, 2.75) is 20.8 Å². The lowest BCUT2D eigenvalue weighted by molar-refractivity contribution is -0.145. The van der Waals surface area contributed by atoms with Crippen LogP contribution >= 0.6 is 11.8 Å². The fraction of sp³-hybridized carbons (Fsp3) is 0.286. The summed E-state index contributed by atoms with van der Waals surface area (Å²) in [7, 11) is 1.62. The summed E-state index contributed by atoms with van der Waals surface area (Å²) in [6.07, 6.45) is 1.69. The van der Waals surface area contributed by atoms with E-state index in [0.717, 1.165) is 45.1 Å². The van der Waals surface area contributed by atoms with Gasteiger partial charge in [-0.25, -0.2) is 0 Å². The molecule has 1 saturated heterocycles. The Morgan fingerprint density at radius 2 is 1.97 bits per heavy atom. The van der Waals surface area contributed by atoms with E-state index in [1.54, 1.807) is 20.1 Å². The number of aryl methyl sites for hydroxylation is 1. The highest BCUT2D eigenvalue weighted by atomic mass is 32.2. The molecule has 1 aromatic heterocycles. The van der Waals surface area contributed by atoms with E-state index in [9.17, 15) is 14.4 Å². The topological polar surface area (TPSA) is 77.8 Å². The molecule has 1 aliphatic rings. The number of imide groups is 1. The molecule has 2 aromatic rings. The van der Waals surface area contributed by atoms with Crippen molar-refractivity contribution in [2.24, 2.45) is 0 Å². The molecule has 0 N–H and O–H groups in total. The highest BCUT2D eigenvalue weighted by Gasteiger charge is 2.36. The molecule has 2 heterocycles. The van der Waals surface area contributed by atoms with E-state index in [4.69, 9.17) is 9.47 Å². The predicted octanol–water partition coefficient (Wildman–Crippen LogP) is 3.70. The molecule has 7 nitrogen and oxygen atoms in total. The zero-order valence-electron chi connectivity index (χ0n) is 16.7. The van der Waals surface area contributed by atoms with Crippen LogP contribution in [0.25, 0.3) is 11.8 Å². The Hall–Kier alpha value is -3.00. The van der Waals surface area contributed by atoms with Crippen LogP contribution in [0.2, 0.25) is 0 Å². The molecule has 0 saturated carbocycles. The molecule has 29 heavy (non-hydrogen) atoms. The lowest BCUT2D eigenvalue weighted by Crippen LogP contribution is -2.34. The Kier molecular flexibility index (Phi) is 6.12. The summed E-state index contributed by atoms with van der Waals surface area (Å²) in [6, 6.07) is 9.64. The maximum atomic E-state index is 12.6. The van der Waals surface area contributed by atoms with E-state index in [1.165, 1.54) is 0 Å². The number of nitrogens with zero attached hydrogens (tertiary/aromatic N) is 2. The molecule has 1 aromatic carbocycles. The van der Waals surface area contributed by atoms with Gasteiger partial charge in [-0.2, -0.15) is 0 Å². The van der Waals surface area contributed by atoms with Crippen LogP contribution < -0.4 is 4.74 Å². The van der Waals surface area contributed by atoms with Gasteiger partial charge in [0.2, 0.25) is 0 Å². The first kappa shape index (κ1) is 20.7. The van der Waals surface area contributed by atoms with E-state index >= 15 is 0 Å². The monoisotopic (exact) mass is 414 g/mol. The van der Waals surface area contributed by atoms with Gasteiger partial charge >= 0.3 is 5.97 Å². The van der Waals surface area contributed by atoms with Crippen molar-refractivity contribution >= 4 is 35.0 Å². The third-order valence-electron chi connectivity index (χ3n) is 4.53. The molecule has 0 spiro atoms. The molecule has 0 atom stereocenters. The summed E-state index contributed by atoms with van der Waals surface area (Å²) < 4.78 is 12.2. The largest absolute Gasteiger partial charge is 0.497 e. The summed E-state index contributed by atoms with van der Waals surface area (Å²) in [4.78, 5) is 37.6. The quantitative estimate of drug-likeness (QED) is 0.530. The van der Waals surface area contributed by atoms with Crippen LogP contribution in [0.5, 0.6) is 5.75 Å². The number of carbonyl (C=O) groups excluding carboxylic acids is 3. The molecular weight excluding hydrogens is 392 g/mol. The normalized spacial score (nSPS) is 15.3. The first-order valence-corrected chi connectivity index (χ1v) is 9.91. The summed E-state index contributed by atoms with van der Waals surface area (Å²) in [5.74, 6) is -0.344. The molecule has 0 unspecified atom stereocenters. The number of esters is 1. The molecule has 8 heteroatoms. The zero-order valence-corrected chi connectivity index (χ0v) is 17.5. The fourth-order valence-electron chi connectivity index (χ4n) is 3.19. The summed E-state index contributed by atoms with van der Waals surface area (Å²) in [6.45, 7) is 5.40. The third-order valence-corrected chi connectivity index (χ3v) is 5.44.